The van der Waals surface area contributed by atoms with Gasteiger partial charge in [-0.2, -0.15) is 0 Å². The summed E-state index contributed by atoms with van der Waals surface area (Å²) in [4.78, 5) is 16.7. The summed E-state index contributed by atoms with van der Waals surface area (Å²) in [5.41, 5.74) is 1.29. The molecule has 0 aliphatic carbocycles. The van der Waals surface area contributed by atoms with Crippen molar-refractivity contribution in [2.75, 3.05) is 32.7 Å². The second-order valence-electron chi connectivity index (χ2n) is 7.87. The average Bonchev–Trinajstić information content (AvgIpc) is 2.98. The molecule has 1 aliphatic rings. The van der Waals surface area contributed by atoms with Crippen LogP contribution in [-0.4, -0.2) is 64.8 Å². The van der Waals surface area contributed by atoms with E-state index in [0.29, 0.717) is 30.9 Å². The molecule has 0 bridgehead atoms. The molecule has 0 radical (unpaired) electrons. The maximum absolute atomic E-state index is 12.6. The molecule has 1 aromatic carbocycles. The topological polar surface area (TPSA) is 69.8 Å². The van der Waals surface area contributed by atoms with Crippen molar-refractivity contribution >= 4 is 16.9 Å². The van der Waals surface area contributed by atoms with Crippen LogP contribution in [0, 0.1) is 5.41 Å². The predicted octanol–water partition coefficient (Wildman–Crippen LogP) is 1.92. The summed E-state index contributed by atoms with van der Waals surface area (Å²) in [6.07, 6.45) is -0.0991. The Morgan fingerprint density at radius 2 is 1.92 bits per heavy atom. The van der Waals surface area contributed by atoms with Crippen LogP contribution in [0.1, 0.15) is 26.5 Å². The molecule has 1 fully saturated rings. The highest BCUT2D eigenvalue weighted by Gasteiger charge is 2.28. The van der Waals surface area contributed by atoms with Crippen molar-refractivity contribution in [1.82, 2.24) is 15.0 Å². The first-order valence-electron chi connectivity index (χ1n) is 8.86. The highest BCUT2D eigenvalue weighted by atomic mass is 16.5. The molecule has 1 unspecified atom stereocenters. The van der Waals surface area contributed by atoms with Crippen LogP contribution in [0.5, 0.6) is 0 Å². The summed E-state index contributed by atoms with van der Waals surface area (Å²) in [5, 5.41) is 15.2. The lowest BCUT2D eigenvalue weighted by Crippen LogP contribution is -2.52. The number of amides is 1. The molecule has 1 amide bonds. The van der Waals surface area contributed by atoms with Gasteiger partial charge in [-0.25, -0.2) is 0 Å². The average molecular weight is 345 g/mol. The Labute approximate surface area is 148 Å². The smallest absolute Gasteiger partial charge is 0.228 e. The van der Waals surface area contributed by atoms with E-state index >= 15 is 0 Å². The largest absolute Gasteiger partial charge is 0.391 e. The van der Waals surface area contributed by atoms with Crippen molar-refractivity contribution in [3.05, 3.63) is 30.0 Å². The third-order valence-corrected chi connectivity index (χ3v) is 4.93. The molecule has 1 aliphatic heterocycles. The minimum atomic E-state index is -0.365. The number of carbonyl (C=O) groups excluding carboxylic acids is 1. The number of rotatable bonds is 4. The number of fused-ring (bicyclic) bond motifs is 1. The summed E-state index contributed by atoms with van der Waals surface area (Å²) in [7, 11) is 0. The second kappa shape index (κ2) is 7.14. The van der Waals surface area contributed by atoms with Crippen molar-refractivity contribution in [3.63, 3.8) is 0 Å². The van der Waals surface area contributed by atoms with Crippen LogP contribution in [0.4, 0.5) is 0 Å². The molecule has 0 spiro atoms. The van der Waals surface area contributed by atoms with E-state index in [1.54, 1.807) is 0 Å². The van der Waals surface area contributed by atoms with Gasteiger partial charge < -0.3 is 14.5 Å². The first-order chi connectivity index (χ1) is 11.8. The van der Waals surface area contributed by atoms with E-state index in [1.807, 2.05) is 49.9 Å². The molecule has 1 aromatic heterocycles. The molecule has 1 saturated heterocycles. The monoisotopic (exact) mass is 345 g/mol. The van der Waals surface area contributed by atoms with Gasteiger partial charge in [0.05, 0.1) is 12.5 Å². The zero-order chi connectivity index (χ0) is 18.0. The first-order valence-corrected chi connectivity index (χ1v) is 8.86. The summed E-state index contributed by atoms with van der Waals surface area (Å²) < 4.78 is 5.27. The van der Waals surface area contributed by atoms with Crippen LogP contribution >= 0.6 is 0 Å². The van der Waals surface area contributed by atoms with Gasteiger partial charge in [0.15, 0.2) is 5.58 Å². The number of β-amino-alcohol motifs (C(OH)–C–C–N with tert-alkyl or cyclic N) is 1. The van der Waals surface area contributed by atoms with E-state index in [-0.39, 0.29) is 23.8 Å². The van der Waals surface area contributed by atoms with Gasteiger partial charge in [-0.15, -0.1) is 0 Å². The Kier molecular flexibility index (Phi) is 5.11. The van der Waals surface area contributed by atoms with Crippen molar-refractivity contribution in [2.24, 2.45) is 5.41 Å². The number of nitrogens with zero attached hydrogens (tertiary/aromatic N) is 3. The Morgan fingerprint density at radius 3 is 2.60 bits per heavy atom. The van der Waals surface area contributed by atoms with Gasteiger partial charge in [-0.1, -0.05) is 38.1 Å². The van der Waals surface area contributed by atoms with E-state index in [1.165, 1.54) is 0 Å². The molecular weight excluding hydrogens is 318 g/mol. The lowest BCUT2D eigenvalue weighted by Gasteiger charge is -2.38. The van der Waals surface area contributed by atoms with Gasteiger partial charge in [0, 0.05) is 38.1 Å². The van der Waals surface area contributed by atoms with E-state index < -0.39 is 0 Å². The standard InChI is InChI=1S/C19H27N3O3/c1-19(2,3)17(23)13-21-8-10-22(11-9-21)18(24)12-15-14-6-4-5-7-16(14)25-20-15/h4-7,17,23H,8-13H2,1-3H3. The van der Waals surface area contributed by atoms with Crippen LogP contribution < -0.4 is 0 Å². The number of hydrogen-bond acceptors (Lipinski definition) is 5. The van der Waals surface area contributed by atoms with Gasteiger partial charge in [0.25, 0.3) is 0 Å². The third kappa shape index (κ3) is 4.19. The molecule has 6 heteroatoms. The number of benzene rings is 1. The Bertz CT molecular complexity index is 727. The van der Waals surface area contributed by atoms with E-state index in [0.717, 1.165) is 18.5 Å². The van der Waals surface area contributed by atoms with E-state index in [4.69, 9.17) is 4.52 Å². The Balaban J connectivity index is 1.53. The highest BCUT2D eigenvalue weighted by Crippen LogP contribution is 2.21. The van der Waals surface area contributed by atoms with Gasteiger partial charge in [-0.05, 0) is 17.5 Å². The Morgan fingerprint density at radius 1 is 1.24 bits per heavy atom. The number of aliphatic hydroxyl groups is 1. The lowest BCUT2D eigenvalue weighted by molar-refractivity contribution is -0.132. The van der Waals surface area contributed by atoms with Crippen LogP contribution in [-0.2, 0) is 11.2 Å². The van der Waals surface area contributed by atoms with Gasteiger partial charge in [0.2, 0.25) is 5.91 Å². The molecule has 2 heterocycles. The van der Waals surface area contributed by atoms with Crippen LogP contribution in [0.3, 0.4) is 0 Å². The van der Waals surface area contributed by atoms with Gasteiger partial charge >= 0.3 is 0 Å². The minimum Gasteiger partial charge on any atom is -0.391 e. The zero-order valence-electron chi connectivity index (χ0n) is 15.2. The van der Waals surface area contributed by atoms with Crippen molar-refractivity contribution < 1.29 is 14.4 Å². The quantitative estimate of drug-likeness (QED) is 0.917. The van der Waals surface area contributed by atoms with E-state index in [9.17, 15) is 9.90 Å². The van der Waals surface area contributed by atoms with Crippen LogP contribution in [0.25, 0.3) is 11.0 Å². The Hall–Kier alpha value is -1.92. The number of hydrogen-bond donors (Lipinski definition) is 1. The second-order valence-corrected chi connectivity index (χ2v) is 7.87. The molecule has 2 aromatic rings. The maximum atomic E-state index is 12.6. The number of piperazine rings is 1. The van der Waals surface area contributed by atoms with E-state index in [2.05, 4.69) is 10.1 Å². The predicted molar refractivity (Wildman–Crippen MR) is 96.2 cm³/mol. The van der Waals surface area contributed by atoms with Gasteiger partial charge in [0.1, 0.15) is 5.69 Å². The normalized spacial score (nSPS) is 17.8. The molecule has 136 valence electrons. The number of carbonyl (C=O) groups is 1. The van der Waals surface area contributed by atoms with Gasteiger partial charge in [-0.3, -0.25) is 9.69 Å². The zero-order valence-corrected chi connectivity index (χ0v) is 15.2. The fourth-order valence-corrected chi connectivity index (χ4v) is 3.02. The number of aliphatic hydroxyl groups excluding tert-OH is 1. The molecule has 3 rings (SSSR count). The summed E-state index contributed by atoms with van der Waals surface area (Å²) in [6.45, 7) is 9.73. The lowest BCUT2D eigenvalue weighted by atomic mass is 9.89. The fourth-order valence-electron chi connectivity index (χ4n) is 3.02. The van der Waals surface area contributed by atoms with Crippen LogP contribution in [0.2, 0.25) is 0 Å². The fraction of sp³-hybridized carbons (Fsp3) is 0.579. The molecule has 6 nitrogen and oxygen atoms in total. The summed E-state index contributed by atoms with van der Waals surface area (Å²) in [6, 6.07) is 7.60. The molecule has 25 heavy (non-hydrogen) atoms. The third-order valence-electron chi connectivity index (χ3n) is 4.93. The number of aromatic nitrogens is 1. The first kappa shape index (κ1) is 17.9. The molecular formula is C19H27N3O3. The summed E-state index contributed by atoms with van der Waals surface area (Å²) in [5.74, 6) is 0.0788. The molecule has 0 saturated carbocycles. The molecule has 1 atom stereocenters. The molecule has 1 N–H and O–H groups in total. The maximum Gasteiger partial charge on any atom is 0.228 e. The number of para-hydroxylation sites is 1. The minimum absolute atomic E-state index is 0.0788. The van der Waals surface area contributed by atoms with Crippen molar-refractivity contribution in [2.45, 2.75) is 33.3 Å². The van der Waals surface area contributed by atoms with Crippen molar-refractivity contribution in [3.8, 4) is 0 Å². The highest BCUT2D eigenvalue weighted by molar-refractivity contribution is 5.86. The summed E-state index contributed by atoms with van der Waals surface area (Å²) >= 11 is 0. The van der Waals surface area contributed by atoms with Crippen molar-refractivity contribution in [1.29, 1.82) is 0 Å². The van der Waals surface area contributed by atoms with Crippen LogP contribution in [0.15, 0.2) is 28.8 Å². The SMILES string of the molecule is CC(C)(C)C(O)CN1CCN(C(=O)Cc2noc3ccccc23)CC1.